The summed E-state index contributed by atoms with van der Waals surface area (Å²) in [4.78, 5) is 29.2. The first-order valence-corrected chi connectivity index (χ1v) is 9.36. The zero-order valence-electron chi connectivity index (χ0n) is 16.2. The number of rotatable bonds is 3. The van der Waals surface area contributed by atoms with E-state index in [4.69, 9.17) is 0 Å². The van der Waals surface area contributed by atoms with Crippen molar-refractivity contribution in [2.24, 2.45) is 5.41 Å². The number of carbonyl (C=O) groups excluding carboxylic acids is 2. The number of anilines is 2. The lowest BCUT2D eigenvalue weighted by molar-refractivity contribution is -0.140. The summed E-state index contributed by atoms with van der Waals surface area (Å²) >= 11 is 0. The zero-order chi connectivity index (χ0) is 19.4. The van der Waals surface area contributed by atoms with E-state index in [1.165, 1.54) is 0 Å². The predicted molar refractivity (Wildman–Crippen MR) is 108 cm³/mol. The van der Waals surface area contributed by atoms with Crippen molar-refractivity contribution in [1.29, 1.82) is 0 Å². The van der Waals surface area contributed by atoms with Crippen LogP contribution in [-0.4, -0.2) is 47.8 Å². The minimum atomic E-state index is -0.390. The molecule has 0 spiro atoms. The number of amides is 2. The highest BCUT2D eigenvalue weighted by molar-refractivity contribution is 6.00. The smallest absolute Gasteiger partial charge is 0.256 e. The number of hydrogen-bond donors (Lipinski definition) is 1. The largest absolute Gasteiger partial charge is 0.355 e. The first kappa shape index (κ1) is 19.0. The predicted octanol–water partition coefficient (Wildman–Crippen LogP) is 3.76. The van der Waals surface area contributed by atoms with Crippen molar-refractivity contribution in [2.45, 2.75) is 20.8 Å². The molecule has 1 aliphatic rings. The van der Waals surface area contributed by atoms with Gasteiger partial charge in [-0.25, -0.2) is 0 Å². The molecule has 5 heteroatoms. The maximum atomic E-state index is 13.1. The van der Waals surface area contributed by atoms with E-state index < -0.39 is 5.41 Å². The molecule has 1 saturated heterocycles. The fraction of sp³-hybridized carbons (Fsp3) is 0.364. The fourth-order valence-electron chi connectivity index (χ4n) is 3.21. The van der Waals surface area contributed by atoms with Gasteiger partial charge >= 0.3 is 0 Å². The number of para-hydroxylation sites is 2. The quantitative estimate of drug-likeness (QED) is 0.901. The van der Waals surface area contributed by atoms with E-state index in [1.807, 2.05) is 85.2 Å². The van der Waals surface area contributed by atoms with Crippen LogP contribution in [0.2, 0.25) is 0 Å². The van der Waals surface area contributed by atoms with Crippen LogP contribution in [0, 0.1) is 5.41 Å². The van der Waals surface area contributed by atoms with E-state index in [0.717, 1.165) is 11.4 Å². The van der Waals surface area contributed by atoms with Crippen molar-refractivity contribution >= 4 is 23.2 Å². The third kappa shape index (κ3) is 4.48. The molecule has 0 radical (unpaired) electrons. The number of carbonyl (C=O) groups is 2. The second-order valence-corrected chi connectivity index (χ2v) is 7.87. The van der Waals surface area contributed by atoms with Gasteiger partial charge in [0.2, 0.25) is 5.91 Å². The van der Waals surface area contributed by atoms with E-state index >= 15 is 0 Å². The Kier molecular flexibility index (Phi) is 5.49. The molecule has 5 nitrogen and oxygen atoms in total. The van der Waals surface area contributed by atoms with Crippen molar-refractivity contribution in [1.82, 2.24) is 9.80 Å². The topological polar surface area (TPSA) is 52.7 Å². The maximum Gasteiger partial charge on any atom is 0.256 e. The Labute approximate surface area is 161 Å². The van der Waals surface area contributed by atoms with Crippen LogP contribution in [0.3, 0.4) is 0 Å². The minimum absolute atomic E-state index is 0.00288. The Morgan fingerprint density at radius 2 is 1.37 bits per heavy atom. The summed E-state index contributed by atoms with van der Waals surface area (Å²) < 4.78 is 0. The number of piperazine rings is 1. The van der Waals surface area contributed by atoms with Crippen LogP contribution in [0.5, 0.6) is 0 Å². The molecule has 1 aliphatic heterocycles. The summed E-state index contributed by atoms with van der Waals surface area (Å²) in [6.45, 7) is 8.06. The minimum Gasteiger partial charge on any atom is -0.355 e. The highest BCUT2D eigenvalue weighted by Gasteiger charge is 2.31. The van der Waals surface area contributed by atoms with Crippen molar-refractivity contribution < 1.29 is 9.59 Å². The van der Waals surface area contributed by atoms with Crippen molar-refractivity contribution in [3.8, 4) is 0 Å². The van der Waals surface area contributed by atoms with Gasteiger partial charge in [-0.15, -0.1) is 0 Å². The van der Waals surface area contributed by atoms with Gasteiger partial charge in [0.05, 0.1) is 11.3 Å². The van der Waals surface area contributed by atoms with Crippen molar-refractivity contribution in [2.75, 3.05) is 31.5 Å². The molecule has 1 heterocycles. The van der Waals surface area contributed by atoms with Crippen LogP contribution >= 0.6 is 0 Å². The number of benzene rings is 2. The molecule has 1 N–H and O–H groups in total. The molecular weight excluding hydrogens is 338 g/mol. The van der Waals surface area contributed by atoms with Gasteiger partial charge in [-0.3, -0.25) is 9.59 Å². The Morgan fingerprint density at radius 1 is 0.815 bits per heavy atom. The molecule has 3 rings (SSSR count). The maximum absolute atomic E-state index is 13.1. The van der Waals surface area contributed by atoms with Gasteiger partial charge in [-0.2, -0.15) is 0 Å². The van der Waals surface area contributed by atoms with Gasteiger partial charge in [0.25, 0.3) is 5.91 Å². The monoisotopic (exact) mass is 365 g/mol. The molecule has 0 aliphatic carbocycles. The Morgan fingerprint density at radius 3 is 2.00 bits per heavy atom. The summed E-state index contributed by atoms with van der Waals surface area (Å²) in [5.41, 5.74) is 2.00. The van der Waals surface area contributed by atoms with E-state index in [0.29, 0.717) is 31.7 Å². The highest BCUT2D eigenvalue weighted by Crippen LogP contribution is 2.23. The van der Waals surface area contributed by atoms with E-state index in [-0.39, 0.29) is 11.8 Å². The van der Waals surface area contributed by atoms with Crippen LogP contribution in [0.15, 0.2) is 54.6 Å². The second kappa shape index (κ2) is 7.82. The number of nitrogens with zero attached hydrogens (tertiary/aromatic N) is 2. The molecule has 1 fully saturated rings. The van der Waals surface area contributed by atoms with Gasteiger partial charge in [0.1, 0.15) is 0 Å². The summed E-state index contributed by atoms with van der Waals surface area (Å²) in [6.07, 6.45) is 0. The summed E-state index contributed by atoms with van der Waals surface area (Å²) in [7, 11) is 0. The molecule has 142 valence electrons. The van der Waals surface area contributed by atoms with Crippen molar-refractivity contribution in [3.05, 3.63) is 60.2 Å². The third-order valence-corrected chi connectivity index (χ3v) is 4.71. The summed E-state index contributed by atoms with van der Waals surface area (Å²) in [5, 5.41) is 3.33. The lowest BCUT2D eigenvalue weighted by atomic mass is 9.94. The standard InChI is InChI=1S/C22H27N3O2/c1-22(2,3)21(27)25-15-13-24(14-16-25)20(26)18-11-7-8-12-19(18)23-17-9-5-4-6-10-17/h4-12,23H,13-16H2,1-3H3. The lowest BCUT2D eigenvalue weighted by Crippen LogP contribution is -2.53. The highest BCUT2D eigenvalue weighted by atomic mass is 16.2. The first-order valence-electron chi connectivity index (χ1n) is 9.36. The van der Waals surface area contributed by atoms with Crippen LogP contribution in [0.4, 0.5) is 11.4 Å². The molecule has 0 atom stereocenters. The number of nitrogens with one attached hydrogen (secondary N) is 1. The van der Waals surface area contributed by atoms with E-state index in [1.54, 1.807) is 0 Å². The number of hydrogen-bond acceptors (Lipinski definition) is 3. The van der Waals surface area contributed by atoms with Crippen LogP contribution in [0.1, 0.15) is 31.1 Å². The van der Waals surface area contributed by atoms with E-state index in [9.17, 15) is 9.59 Å². The molecule has 0 unspecified atom stereocenters. The average molecular weight is 365 g/mol. The molecule has 2 aromatic carbocycles. The zero-order valence-corrected chi connectivity index (χ0v) is 16.2. The molecule has 0 bridgehead atoms. The Hall–Kier alpha value is -2.82. The van der Waals surface area contributed by atoms with Crippen molar-refractivity contribution in [3.63, 3.8) is 0 Å². The van der Waals surface area contributed by atoms with Gasteiger partial charge in [-0.05, 0) is 24.3 Å². The van der Waals surface area contributed by atoms with Gasteiger partial charge in [0.15, 0.2) is 0 Å². The van der Waals surface area contributed by atoms with Gasteiger partial charge in [0, 0.05) is 37.3 Å². The Bertz CT molecular complexity index is 804. The van der Waals surface area contributed by atoms with Crippen LogP contribution < -0.4 is 5.32 Å². The lowest BCUT2D eigenvalue weighted by Gasteiger charge is -2.37. The SMILES string of the molecule is CC(C)(C)C(=O)N1CCN(C(=O)c2ccccc2Nc2ccccc2)CC1. The second-order valence-electron chi connectivity index (χ2n) is 7.87. The molecule has 2 aromatic rings. The molecule has 0 saturated carbocycles. The molecular formula is C22H27N3O2. The molecule has 2 amide bonds. The first-order chi connectivity index (χ1) is 12.9. The molecule has 0 aromatic heterocycles. The van der Waals surface area contributed by atoms with Crippen LogP contribution in [0.25, 0.3) is 0 Å². The summed E-state index contributed by atoms with van der Waals surface area (Å²) in [6, 6.07) is 17.4. The van der Waals surface area contributed by atoms with Gasteiger partial charge < -0.3 is 15.1 Å². The summed E-state index contributed by atoms with van der Waals surface area (Å²) in [5.74, 6) is 0.137. The van der Waals surface area contributed by atoms with E-state index in [2.05, 4.69) is 5.32 Å². The fourth-order valence-corrected chi connectivity index (χ4v) is 3.21. The normalized spacial score (nSPS) is 14.8. The third-order valence-electron chi connectivity index (χ3n) is 4.71. The van der Waals surface area contributed by atoms with Crippen LogP contribution in [-0.2, 0) is 4.79 Å². The van der Waals surface area contributed by atoms with Gasteiger partial charge in [-0.1, -0.05) is 51.1 Å². The molecule has 27 heavy (non-hydrogen) atoms. The Balaban J connectivity index is 1.70. The average Bonchev–Trinajstić information content (AvgIpc) is 2.67.